The zero-order valence-electron chi connectivity index (χ0n) is 16.6. The first-order valence-corrected chi connectivity index (χ1v) is 13.6. The van der Waals surface area contributed by atoms with E-state index in [1.54, 1.807) is 0 Å². The van der Waals surface area contributed by atoms with Crippen LogP contribution in [0, 0.1) is 0 Å². The molecular weight excluding hydrogens is 409 g/mol. The monoisotopic (exact) mass is 439 g/mol. The molecule has 0 spiro atoms. The van der Waals surface area contributed by atoms with Crippen LogP contribution < -0.4 is 0 Å². The van der Waals surface area contributed by atoms with Crippen LogP contribution in [0.2, 0.25) is 19.6 Å². The van der Waals surface area contributed by atoms with Gasteiger partial charge in [-0.3, -0.25) is 0 Å². The summed E-state index contributed by atoms with van der Waals surface area (Å²) in [5.74, 6) is 0. The fourth-order valence-corrected chi connectivity index (χ4v) is 5.72. The average Bonchev–Trinajstić information content (AvgIpc) is 2.65. The molecule has 0 unspecified atom stereocenters. The Morgan fingerprint density at radius 3 is 2.00 bits per heavy atom. The van der Waals surface area contributed by atoms with Crippen LogP contribution in [-0.2, 0) is 6.54 Å². The summed E-state index contributed by atoms with van der Waals surface area (Å²) in [5.41, 5.74) is 3.78. The van der Waals surface area contributed by atoms with Crippen LogP contribution in [0.5, 0.6) is 0 Å². The summed E-state index contributed by atoms with van der Waals surface area (Å²) < 4.78 is 1.15. The molecule has 0 saturated carbocycles. The van der Waals surface area contributed by atoms with Crippen molar-refractivity contribution in [2.45, 2.75) is 26.2 Å². The van der Waals surface area contributed by atoms with Crippen LogP contribution in [-0.4, -0.2) is 39.6 Å². The maximum atomic E-state index is 4.16. The molecule has 3 heteroatoms. The normalized spacial score (nSPS) is 12.1. The molecule has 1 nitrogen and oxygen atoms in total. The predicted molar refractivity (Wildman–Crippen MR) is 125 cm³/mol. The Hall–Kier alpha value is -1.93. The Bertz CT molecular complexity index is 816. The van der Waals surface area contributed by atoms with Gasteiger partial charge in [0, 0.05) is 0 Å². The Kier molecular flexibility index (Phi) is 7.79. The minimum absolute atomic E-state index is 0.781. The van der Waals surface area contributed by atoms with Crippen LogP contribution in [0.4, 0.5) is 0 Å². The second kappa shape index (κ2) is 9.84. The van der Waals surface area contributed by atoms with E-state index in [1.165, 1.54) is 21.9 Å². The van der Waals surface area contributed by atoms with Crippen LogP contribution >= 0.6 is 0 Å². The molecule has 0 bridgehead atoms. The standard InChI is InChI=1S/C24H29NSeSi/c1-6-18-25(19-20-14-10-8-11-15-20)24(26)23(21-16-12-9-13-17-21)22(7-2)27(3,4)5/h6-17H,1-2,18-19H2,3-5H3/b23-22+. The van der Waals surface area contributed by atoms with Crippen LogP contribution in [0.3, 0.4) is 0 Å². The molecule has 0 heterocycles. The number of nitrogens with zero attached hydrogens (tertiary/aromatic N) is 1. The van der Waals surface area contributed by atoms with Gasteiger partial charge < -0.3 is 0 Å². The Morgan fingerprint density at radius 1 is 0.963 bits per heavy atom. The van der Waals surface area contributed by atoms with Gasteiger partial charge in [0.15, 0.2) is 0 Å². The van der Waals surface area contributed by atoms with E-state index in [4.69, 9.17) is 0 Å². The predicted octanol–water partition coefficient (Wildman–Crippen LogP) is 5.49. The third-order valence-electron chi connectivity index (χ3n) is 4.41. The van der Waals surface area contributed by atoms with Crippen molar-refractivity contribution in [2.75, 3.05) is 6.54 Å². The molecule has 2 rings (SSSR count). The SMILES string of the molecule is C=CCN(Cc1ccccc1)C(=[Se])/C(=C(\C=C)[Si](C)(C)C)c1ccccc1. The first kappa shape index (κ1) is 21.4. The van der Waals surface area contributed by atoms with Crippen molar-refractivity contribution < 1.29 is 0 Å². The fraction of sp³-hybridized carbons (Fsp3) is 0.208. The third-order valence-corrected chi connectivity index (χ3v) is 7.45. The van der Waals surface area contributed by atoms with Crippen molar-refractivity contribution in [1.82, 2.24) is 4.90 Å². The van der Waals surface area contributed by atoms with E-state index in [-0.39, 0.29) is 0 Å². The van der Waals surface area contributed by atoms with Gasteiger partial charge in [0.2, 0.25) is 0 Å². The summed E-state index contributed by atoms with van der Waals surface area (Å²) in [7, 11) is -1.59. The molecule has 27 heavy (non-hydrogen) atoms. The van der Waals surface area contributed by atoms with Gasteiger partial charge >= 0.3 is 174 Å². The maximum absolute atomic E-state index is 4.16. The van der Waals surface area contributed by atoms with E-state index in [9.17, 15) is 0 Å². The molecule has 0 amide bonds. The molecule has 0 N–H and O–H groups in total. The van der Waals surface area contributed by atoms with Crippen molar-refractivity contribution in [3.8, 4) is 0 Å². The summed E-state index contributed by atoms with van der Waals surface area (Å²) in [5, 5.41) is 1.37. The number of rotatable bonds is 9. The van der Waals surface area contributed by atoms with Gasteiger partial charge in [0.1, 0.15) is 0 Å². The van der Waals surface area contributed by atoms with E-state index < -0.39 is 8.07 Å². The van der Waals surface area contributed by atoms with Gasteiger partial charge in [-0.15, -0.1) is 0 Å². The zero-order chi connectivity index (χ0) is 19.9. The quantitative estimate of drug-likeness (QED) is 0.284. The molecule has 0 radical (unpaired) electrons. The number of hydrogen-bond acceptors (Lipinski definition) is 1. The van der Waals surface area contributed by atoms with E-state index in [1.807, 2.05) is 6.08 Å². The summed E-state index contributed by atoms with van der Waals surface area (Å²) in [4.78, 5) is 2.36. The molecule has 2 aromatic carbocycles. The van der Waals surface area contributed by atoms with Crippen LogP contribution in [0.15, 0.2) is 91.2 Å². The Labute approximate surface area is 173 Å². The minimum atomic E-state index is -1.59. The first-order valence-electron chi connectivity index (χ1n) is 9.25. The molecule has 0 aliphatic rings. The number of hydrogen-bond donors (Lipinski definition) is 0. The van der Waals surface area contributed by atoms with E-state index >= 15 is 0 Å². The third kappa shape index (κ3) is 5.77. The second-order valence-electron chi connectivity index (χ2n) is 7.57. The van der Waals surface area contributed by atoms with Crippen LogP contribution in [0.25, 0.3) is 5.57 Å². The van der Waals surface area contributed by atoms with Gasteiger partial charge in [0.25, 0.3) is 0 Å². The molecule has 0 aliphatic carbocycles. The Morgan fingerprint density at radius 2 is 1.52 bits per heavy atom. The zero-order valence-corrected chi connectivity index (χ0v) is 19.3. The van der Waals surface area contributed by atoms with Crippen molar-refractivity contribution in [2.24, 2.45) is 0 Å². The van der Waals surface area contributed by atoms with E-state index in [2.05, 4.69) is 120 Å². The van der Waals surface area contributed by atoms with Crippen molar-refractivity contribution in [3.05, 3.63) is 102 Å². The van der Waals surface area contributed by atoms with Gasteiger partial charge in [-0.2, -0.15) is 0 Å². The van der Waals surface area contributed by atoms with Gasteiger partial charge in [-0.1, -0.05) is 0 Å². The van der Waals surface area contributed by atoms with E-state index in [0.29, 0.717) is 0 Å². The summed E-state index contributed by atoms with van der Waals surface area (Å²) in [6.07, 6.45) is 4.02. The van der Waals surface area contributed by atoms with Crippen molar-refractivity contribution in [3.63, 3.8) is 0 Å². The molecule has 0 fully saturated rings. The Balaban J connectivity index is 2.55. The van der Waals surface area contributed by atoms with Crippen molar-refractivity contribution >= 4 is 33.8 Å². The van der Waals surface area contributed by atoms with Crippen molar-refractivity contribution in [1.29, 1.82) is 0 Å². The van der Waals surface area contributed by atoms with Gasteiger partial charge in [-0.05, 0) is 0 Å². The van der Waals surface area contributed by atoms with Crippen LogP contribution in [0.1, 0.15) is 11.1 Å². The summed E-state index contributed by atoms with van der Waals surface area (Å²) in [6.45, 7) is 16.9. The molecule has 2 aromatic rings. The average molecular weight is 439 g/mol. The van der Waals surface area contributed by atoms with Gasteiger partial charge in [-0.25, -0.2) is 0 Å². The summed E-state index contributed by atoms with van der Waals surface area (Å²) in [6, 6.07) is 21.2. The molecule has 0 aliphatic heterocycles. The molecule has 0 aromatic heterocycles. The number of benzene rings is 2. The second-order valence-corrected chi connectivity index (χ2v) is 13.4. The fourth-order valence-electron chi connectivity index (χ4n) is 3.12. The van der Waals surface area contributed by atoms with Gasteiger partial charge in [0.05, 0.1) is 0 Å². The summed E-state index contributed by atoms with van der Waals surface area (Å²) >= 11 is 3.38. The molecule has 0 saturated heterocycles. The van der Waals surface area contributed by atoms with E-state index in [0.717, 1.165) is 17.6 Å². The first-order chi connectivity index (χ1) is 12.9. The molecule has 0 atom stereocenters. The topological polar surface area (TPSA) is 3.24 Å². The molecule has 140 valence electrons. The number of allylic oxidation sites excluding steroid dienone is 2. The molecular formula is C24H29NSeSi.